The summed E-state index contributed by atoms with van der Waals surface area (Å²) in [5.74, 6) is 1.36. The molecule has 3 fully saturated rings. The predicted octanol–water partition coefficient (Wildman–Crippen LogP) is 4.33. The monoisotopic (exact) mass is 486 g/mol. The molecular formula is C24H24ClFN4O4. The molecular weight excluding hydrogens is 463 g/mol. The van der Waals surface area contributed by atoms with Crippen LogP contribution in [-0.4, -0.2) is 33.2 Å². The SMILES string of the molecule is CC(C)c1ccc(OCc2nnc(C34CC(NC(=O)COc5ccc(Cl)c(F)c5)(C3)C4)o2)cn1. The standard InChI is InChI=1S/C24H24ClFN4O4/c1-14(2)19-6-4-16(8-27-19)33-10-21-29-30-22(34-21)23-11-24(12-23,13-23)28-20(31)9-32-15-3-5-17(25)18(26)7-15/h3-8,14H,9-13H2,1-2H3,(H,28,31). The highest BCUT2D eigenvalue weighted by molar-refractivity contribution is 6.30. The first kappa shape index (κ1) is 22.6. The van der Waals surface area contributed by atoms with Gasteiger partial charge in [0, 0.05) is 17.3 Å². The molecule has 0 unspecified atom stereocenters. The van der Waals surface area contributed by atoms with Crippen molar-refractivity contribution in [3.8, 4) is 11.5 Å². The lowest BCUT2D eigenvalue weighted by molar-refractivity contribution is -0.143. The molecule has 1 amide bonds. The summed E-state index contributed by atoms with van der Waals surface area (Å²) in [6.07, 6.45) is 3.87. The van der Waals surface area contributed by atoms with Gasteiger partial charge in [-0.25, -0.2) is 4.39 Å². The van der Waals surface area contributed by atoms with Crippen molar-refractivity contribution >= 4 is 17.5 Å². The molecule has 0 saturated heterocycles. The second-order valence-corrected chi connectivity index (χ2v) is 9.77. The molecule has 178 valence electrons. The third-order valence-corrected chi connectivity index (χ3v) is 6.64. The van der Waals surface area contributed by atoms with Crippen molar-refractivity contribution in [1.29, 1.82) is 0 Å². The van der Waals surface area contributed by atoms with E-state index in [1.54, 1.807) is 6.20 Å². The lowest BCUT2D eigenvalue weighted by Crippen LogP contribution is -2.77. The molecule has 3 aromatic rings. The second-order valence-electron chi connectivity index (χ2n) is 9.37. The first-order chi connectivity index (χ1) is 16.3. The van der Waals surface area contributed by atoms with E-state index < -0.39 is 5.82 Å². The average molecular weight is 487 g/mol. The van der Waals surface area contributed by atoms with Crippen LogP contribution < -0.4 is 14.8 Å². The molecule has 3 saturated carbocycles. The number of rotatable bonds is 9. The normalized spacial score (nSPS) is 22.6. The molecule has 8 nitrogen and oxygen atoms in total. The lowest BCUT2D eigenvalue weighted by Gasteiger charge is -2.68. The van der Waals surface area contributed by atoms with Crippen molar-refractivity contribution in [3.63, 3.8) is 0 Å². The van der Waals surface area contributed by atoms with Gasteiger partial charge in [0.15, 0.2) is 13.2 Å². The van der Waals surface area contributed by atoms with Gasteiger partial charge < -0.3 is 19.2 Å². The highest BCUT2D eigenvalue weighted by Crippen LogP contribution is 2.67. The smallest absolute Gasteiger partial charge is 0.258 e. The van der Waals surface area contributed by atoms with Gasteiger partial charge in [-0.15, -0.1) is 10.2 Å². The molecule has 3 aliphatic carbocycles. The highest BCUT2D eigenvalue weighted by atomic mass is 35.5. The molecule has 2 aromatic heterocycles. The van der Waals surface area contributed by atoms with Crippen LogP contribution in [0, 0.1) is 5.82 Å². The van der Waals surface area contributed by atoms with E-state index in [1.807, 2.05) is 12.1 Å². The molecule has 1 aromatic carbocycles. The maximum Gasteiger partial charge on any atom is 0.258 e. The van der Waals surface area contributed by atoms with Crippen LogP contribution >= 0.6 is 11.6 Å². The zero-order chi connectivity index (χ0) is 23.9. The largest absolute Gasteiger partial charge is 0.484 e. The summed E-state index contributed by atoms with van der Waals surface area (Å²) < 4.78 is 30.4. The Morgan fingerprint density at radius 3 is 2.62 bits per heavy atom. The Kier molecular flexibility index (Phi) is 5.67. The van der Waals surface area contributed by atoms with E-state index >= 15 is 0 Å². The molecule has 1 N–H and O–H groups in total. The van der Waals surface area contributed by atoms with Crippen LogP contribution in [-0.2, 0) is 16.8 Å². The van der Waals surface area contributed by atoms with Crippen LogP contribution in [0.3, 0.4) is 0 Å². The summed E-state index contributed by atoms with van der Waals surface area (Å²) in [6, 6.07) is 7.87. The zero-order valence-electron chi connectivity index (χ0n) is 18.8. The fourth-order valence-corrected chi connectivity index (χ4v) is 4.80. The number of nitrogens with zero attached hydrogens (tertiary/aromatic N) is 3. The topological polar surface area (TPSA) is 99.4 Å². The number of nitrogens with one attached hydrogen (secondary N) is 1. The number of aromatic nitrogens is 3. The minimum absolute atomic E-state index is 0.00372. The Hall–Kier alpha value is -3.20. The van der Waals surface area contributed by atoms with Crippen molar-refractivity contribution < 1.29 is 23.1 Å². The highest BCUT2D eigenvalue weighted by Gasteiger charge is 2.71. The molecule has 0 aliphatic heterocycles. The van der Waals surface area contributed by atoms with Crippen LogP contribution in [0.4, 0.5) is 4.39 Å². The van der Waals surface area contributed by atoms with Crippen molar-refractivity contribution in [2.24, 2.45) is 0 Å². The third kappa shape index (κ3) is 4.32. The molecule has 2 heterocycles. The van der Waals surface area contributed by atoms with E-state index in [-0.39, 0.29) is 40.8 Å². The number of amides is 1. The van der Waals surface area contributed by atoms with Crippen LogP contribution in [0.15, 0.2) is 40.9 Å². The number of benzene rings is 1. The van der Waals surface area contributed by atoms with Gasteiger partial charge in [-0.2, -0.15) is 0 Å². The van der Waals surface area contributed by atoms with E-state index in [0.29, 0.717) is 23.4 Å². The number of ether oxygens (including phenoxy) is 2. The summed E-state index contributed by atoms with van der Waals surface area (Å²) >= 11 is 5.65. The van der Waals surface area contributed by atoms with Gasteiger partial charge >= 0.3 is 0 Å². The summed E-state index contributed by atoms with van der Waals surface area (Å²) in [4.78, 5) is 16.7. The maximum absolute atomic E-state index is 13.5. The number of halogens is 2. The Morgan fingerprint density at radius 2 is 1.94 bits per heavy atom. The van der Waals surface area contributed by atoms with E-state index in [0.717, 1.165) is 31.0 Å². The number of carbonyl (C=O) groups is 1. The fourth-order valence-electron chi connectivity index (χ4n) is 4.68. The molecule has 0 spiro atoms. The summed E-state index contributed by atoms with van der Waals surface area (Å²) in [5.41, 5.74) is 0.530. The number of hydrogen-bond donors (Lipinski definition) is 1. The van der Waals surface area contributed by atoms with Crippen molar-refractivity contribution in [2.45, 2.75) is 56.6 Å². The molecule has 10 heteroatoms. The molecule has 2 bridgehead atoms. The Morgan fingerprint density at radius 1 is 1.18 bits per heavy atom. The maximum atomic E-state index is 13.5. The Balaban J connectivity index is 1.08. The molecule has 0 atom stereocenters. The van der Waals surface area contributed by atoms with Crippen molar-refractivity contribution in [1.82, 2.24) is 20.5 Å². The Labute approximate surface area is 200 Å². The lowest BCUT2D eigenvalue weighted by atomic mass is 9.39. The number of carbonyl (C=O) groups excluding carboxylic acids is 1. The number of hydrogen-bond acceptors (Lipinski definition) is 7. The fraction of sp³-hybridized carbons (Fsp3) is 0.417. The van der Waals surface area contributed by atoms with Gasteiger partial charge in [-0.05, 0) is 49.4 Å². The quantitative estimate of drug-likeness (QED) is 0.480. The van der Waals surface area contributed by atoms with Crippen LogP contribution in [0.25, 0.3) is 0 Å². The summed E-state index contributed by atoms with van der Waals surface area (Å²) in [5, 5.41) is 11.3. The van der Waals surface area contributed by atoms with Gasteiger partial charge in [-0.1, -0.05) is 25.4 Å². The van der Waals surface area contributed by atoms with Gasteiger partial charge in [0.05, 0.1) is 16.6 Å². The van der Waals surface area contributed by atoms with Gasteiger partial charge in [0.1, 0.15) is 17.3 Å². The van der Waals surface area contributed by atoms with E-state index in [1.165, 1.54) is 12.1 Å². The first-order valence-corrected chi connectivity index (χ1v) is 11.4. The minimum Gasteiger partial charge on any atom is -0.484 e. The van der Waals surface area contributed by atoms with E-state index in [9.17, 15) is 9.18 Å². The zero-order valence-corrected chi connectivity index (χ0v) is 19.6. The molecule has 3 aliphatic rings. The van der Waals surface area contributed by atoms with Crippen LogP contribution in [0.1, 0.15) is 56.5 Å². The Bertz CT molecular complexity index is 1190. The van der Waals surface area contributed by atoms with Crippen molar-refractivity contribution in [2.75, 3.05) is 6.61 Å². The van der Waals surface area contributed by atoms with Gasteiger partial charge in [0.2, 0.25) is 5.89 Å². The van der Waals surface area contributed by atoms with E-state index in [2.05, 4.69) is 34.3 Å². The third-order valence-electron chi connectivity index (χ3n) is 6.33. The summed E-state index contributed by atoms with van der Waals surface area (Å²) in [7, 11) is 0. The van der Waals surface area contributed by atoms with E-state index in [4.69, 9.17) is 25.5 Å². The van der Waals surface area contributed by atoms with Gasteiger partial charge in [0.25, 0.3) is 11.8 Å². The molecule has 0 radical (unpaired) electrons. The second kappa shape index (κ2) is 8.54. The molecule has 34 heavy (non-hydrogen) atoms. The first-order valence-electron chi connectivity index (χ1n) is 11.1. The van der Waals surface area contributed by atoms with Gasteiger partial charge in [-0.3, -0.25) is 9.78 Å². The number of pyridine rings is 1. The van der Waals surface area contributed by atoms with Crippen molar-refractivity contribution in [3.05, 3.63) is 64.8 Å². The minimum atomic E-state index is -0.592. The molecule has 6 rings (SSSR count). The average Bonchev–Trinajstić information content (AvgIpc) is 3.23. The summed E-state index contributed by atoms with van der Waals surface area (Å²) in [6.45, 7) is 4.13. The van der Waals surface area contributed by atoms with Crippen LogP contribution in [0.5, 0.6) is 11.5 Å². The predicted molar refractivity (Wildman–Crippen MR) is 120 cm³/mol. The van der Waals surface area contributed by atoms with Crippen LogP contribution in [0.2, 0.25) is 5.02 Å².